The topological polar surface area (TPSA) is 63.2 Å². The number of ether oxygens (including phenoxy) is 5. The highest BCUT2D eigenvalue weighted by atomic mass is 16.6. The van der Waals surface area contributed by atoms with E-state index in [1.807, 2.05) is 0 Å². The predicted molar refractivity (Wildman–Crippen MR) is 172 cm³/mol. The first-order valence-electron chi connectivity index (χ1n) is 17.6. The second kappa shape index (κ2) is 35.5. The molecule has 0 radical (unpaired) electrons. The van der Waals surface area contributed by atoms with Crippen molar-refractivity contribution in [2.24, 2.45) is 5.92 Å². The van der Waals surface area contributed by atoms with Gasteiger partial charge in [-0.15, -0.1) is 0 Å². The van der Waals surface area contributed by atoms with Crippen molar-refractivity contribution >= 4 is 5.97 Å². The molecule has 0 saturated carbocycles. The van der Waals surface area contributed by atoms with Crippen molar-refractivity contribution in [3.8, 4) is 0 Å². The third-order valence-electron chi connectivity index (χ3n) is 7.37. The minimum absolute atomic E-state index is 0.109. The summed E-state index contributed by atoms with van der Waals surface area (Å²) in [6.07, 6.45) is 26.1. The van der Waals surface area contributed by atoms with Crippen LogP contribution < -0.4 is 0 Å². The fraction of sp³-hybridized carbons (Fsp3) is 0.971. The lowest BCUT2D eigenvalue weighted by molar-refractivity contribution is -0.144. The number of esters is 1. The van der Waals surface area contributed by atoms with E-state index in [2.05, 4.69) is 20.8 Å². The zero-order chi connectivity index (χ0) is 29.9. The number of carbonyl (C=O) groups is 1. The van der Waals surface area contributed by atoms with Crippen LogP contribution >= 0.6 is 0 Å². The van der Waals surface area contributed by atoms with Crippen LogP contribution in [-0.2, 0) is 28.5 Å². The molecule has 0 atom stereocenters. The van der Waals surface area contributed by atoms with Crippen LogP contribution in [0.2, 0.25) is 0 Å². The Balaban J connectivity index is 3.15. The minimum Gasteiger partial charge on any atom is -0.466 e. The summed E-state index contributed by atoms with van der Waals surface area (Å²) in [5.74, 6) is 0.753. The van der Waals surface area contributed by atoms with Crippen molar-refractivity contribution in [3.63, 3.8) is 0 Å². The zero-order valence-corrected chi connectivity index (χ0v) is 27.7. The molecule has 0 heterocycles. The van der Waals surface area contributed by atoms with Crippen molar-refractivity contribution in [3.05, 3.63) is 0 Å². The summed E-state index contributed by atoms with van der Waals surface area (Å²) in [7, 11) is 0. The predicted octanol–water partition coefficient (Wildman–Crippen LogP) is 9.46. The molecular formula is C35H70O6. The Hall–Kier alpha value is -0.690. The molecule has 6 heteroatoms. The standard InChI is InChI=1S/C35H70O6/c1-4-5-6-17-20-25-37-28-30-39-32-33-40-31-29-38-26-22-24-35(36)41-27-21-18-15-13-11-9-7-8-10-12-14-16-19-23-34(2)3/h34H,4-33H2,1-3H3. The van der Waals surface area contributed by atoms with E-state index >= 15 is 0 Å². The maximum absolute atomic E-state index is 11.9. The Morgan fingerprint density at radius 2 is 0.805 bits per heavy atom. The van der Waals surface area contributed by atoms with E-state index in [0.29, 0.717) is 65.7 Å². The molecule has 41 heavy (non-hydrogen) atoms. The van der Waals surface area contributed by atoms with Crippen LogP contribution in [0.4, 0.5) is 0 Å². The van der Waals surface area contributed by atoms with Crippen LogP contribution in [0, 0.1) is 5.92 Å². The molecule has 0 fully saturated rings. The summed E-state index contributed by atoms with van der Waals surface area (Å²) in [4.78, 5) is 11.9. The van der Waals surface area contributed by atoms with Crippen LogP contribution in [-0.4, -0.2) is 65.4 Å². The Labute approximate surface area is 255 Å². The fourth-order valence-electron chi connectivity index (χ4n) is 4.75. The van der Waals surface area contributed by atoms with Crippen molar-refractivity contribution < 1.29 is 28.5 Å². The van der Waals surface area contributed by atoms with E-state index in [4.69, 9.17) is 23.7 Å². The van der Waals surface area contributed by atoms with E-state index in [1.54, 1.807) is 0 Å². The van der Waals surface area contributed by atoms with Crippen molar-refractivity contribution in [1.82, 2.24) is 0 Å². The summed E-state index contributed by atoms with van der Waals surface area (Å²) in [6, 6.07) is 0. The van der Waals surface area contributed by atoms with Gasteiger partial charge in [-0.3, -0.25) is 4.79 Å². The zero-order valence-electron chi connectivity index (χ0n) is 27.7. The van der Waals surface area contributed by atoms with Crippen LogP contribution in [0.3, 0.4) is 0 Å². The third-order valence-corrected chi connectivity index (χ3v) is 7.37. The Morgan fingerprint density at radius 3 is 1.27 bits per heavy atom. The number of unbranched alkanes of at least 4 members (excludes halogenated alkanes) is 16. The molecule has 0 aliphatic heterocycles. The molecule has 6 nitrogen and oxygen atoms in total. The summed E-state index contributed by atoms with van der Waals surface area (Å²) in [5, 5.41) is 0. The average Bonchev–Trinajstić information content (AvgIpc) is 2.96. The Kier molecular flexibility index (Phi) is 34.9. The number of carbonyl (C=O) groups excluding carboxylic acids is 1. The van der Waals surface area contributed by atoms with E-state index in [9.17, 15) is 4.79 Å². The molecule has 0 aliphatic carbocycles. The van der Waals surface area contributed by atoms with Gasteiger partial charge in [0.15, 0.2) is 0 Å². The van der Waals surface area contributed by atoms with Gasteiger partial charge in [-0.2, -0.15) is 0 Å². The van der Waals surface area contributed by atoms with Crippen LogP contribution in [0.25, 0.3) is 0 Å². The molecular weight excluding hydrogens is 516 g/mol. The monoisotopic (exact) mass is 587 g/mol. The SMILES string of the molecule is CCCCCCCOCCOCCOCCOCCCC(=O)OCCCCCCCCCCCCCCCC(C)C. The smallest absolute Gasteiger partial charge is 0.305 e. The summed E-state index contributed by atoms with van der Waals surface area (Å²) in [6.45, 7) is 12.3. The van der Waals surface area contributed by atoms with Crippen molar-refractivity contribution in [2.75, 3.05) is 59.5 Å². The Bertz CT molecular complexity index is 499. The molecule has 0 spiro atoms. The first-order chi connectivity index (χ1) is 20.2. The van der Waals surface area contributed by atoms with Gasteiger partial charge in [0.1, 0.15) is 0 Å². The van der Waals surface area contributed by atoms with E-state index < -0.39 is 0 Å². The highest BCUT2D eigenvalue weighted by Crippen LogP contribution is 2.14. The van der Waals surface area contributed by atoms with Gasteiger partial charge < -0.3 is 23.7 Å². The maximum Gasteiger partial charge on any atom is 0.305 e. The van der Waals surface area contributed by atoms with Gasteiger partial charge in [0.05, 0.1) is 46.2 Å². The molecule has 0 aromatic rings. The number of rotatable bonds is 35. The van der Waals surface area contributed by atoms with E-state index in [0.717, 1.165) is 31.8 Å². The molecule has 246 valence electrons. The van der Waals surface area contributed by atoms with Gasteiger partial charge >= 0.3 is 5.97 Å². The van der Waals surface area contributed by atoms with Gasteiger partial charge in [-0.1, -0.05) is 130 Å². The highest BCUT2D eigenvalue weighted by molar-refractivity contribution is 5.69. The minimum atomic E-state index is -0.109. The normalized spacial score (nSPS) is 11.5. The maximum atomic E-state index is 11.9. The van der Waals surface area contributed by atoms with Gasteiger partial charge in [0.2, 0.25) is 0 Å². The second-order valence-corrected chi connectivity index (χ2v) is 12.0. The fourth-order valence-corrected chi connectivity index (χ4v) is 4.75. The van der Waals surface area contributed by atoms with Gasteiger partial charge in [-0.25, -0.2) is 0 Å². The van der Waals surface area contributed by atoms with Gasteiger partial charge in [0, 0.05) is 19.6 Å². The second-order valence-electron chi connectivity index (χ2n) is 12.0. The lowest BCUT2D eigenvalue weighted by Crippen LogP contribution is -2.12. The summed E-state index contributed by atoms with van der Waals surface area (Å²) in [5.41, 5.74) is 0. The number of hydrogen-bond acceptors (Lipinski definition) is 6. The van der Waals surface area contributed by atoms with E-state index in [1.165, 1.54) is 103 Å². The molecule has 0 aromatic carbocycles. The quantitative estimate of drug-likeness (QED) is 0.0544. The first kappa shape index (κ1) is 40.3. The van der Waals surface area contributed by atoms with Gasteiger partial charge in [-0.05, 0) is 25.2 Å². The molecule has 0 unspecified atom stereocenters. The molecule has 0 aromatic heterocycles. The molecule has 0 bridgehead atoms. The molecule has 0 N–H and O–H groups in total. The van der Waals surface area contributed by atoms with Crippen LogP contribution in [0.5, 0.6) is 0 Å². The first-order valence-corrected chi connectivity index (χ1v) is 17.6. The number of hydrogen-bond donors (Lipinski definition) is 0. The highest BCUT2D eigenvalue weighted by Gasteiger charge is 2.03. The third kappa shape index (κ3) is 37.3. The lowest BCUT2D eigenvalue weighted by Gasteiger charge is -2.08. The summed E-state index contributed by atoms with van der Waals surface area (Å²) < 4.78 is 27.5. The average molecular weight is 587 g/mol. The van der Waals surface area contributed by atoms with Crippen LogP contribution in [0.1, 0.15) is 156 Å². The molecule has 0 amide bonds. The Morgan fingerprint density at radius 1 is 0.439 bits per heavy atom. The lowest BCUT2D eigenvalue weighted by atomic mass is 10.0. The van der Waals surface area contributed by atoms with Crippen LogP contribution in [0.15, 0.2) is 0 Å². The van der Waals surface area contributed by atoms with E-state index in [-0.39, 0.29) is 5.97 Å². The molecule has 0 saturated heterocycles. The molecule has 0 rings (SSSR count). The molecule has 0 aliphatic rings. The summed E-state index contributed by atoms with van der Waals surface area (Å²) >= 11 is 0. The van der Waals surface area contributed by atoms with Gasteiger partial charge in [0.25, 0.3) is 0 Å². The largest absolute Gasteiger partial charge is 0.466 e. The van der Waals surface area contributed by atoms with Crippen molar-refractivity contribution in [2.45, 2.75) is 156 Å². The van der Waals surface area contributed by atoms with Crippen molar-refractivity contribution in [1.29, 1.82) is 0 Å².